The minimum atomic E-state index is -0.142. The van der Waals surface area contributed by atoms with E-state index in [9.17, 15) is 4.79 Å². The van der Waals surface area contributed by atoms with E-state index in [-0.39, 0.29) is 12.0 Å². The van der Waals surface area contributed by atoms with Gasteiger partial charge in [0.05, 0.1) is 18.5 Å². The van der Waals surface area contributed by atoms with Gasteiger partial charge in [-0.2, -0.15) is 0 Å². The number of ether oxygens (including phenoxy) is 1. The summed E-state index contributed by atoms with van der Waals surface area (Å²) in [6.45, 7) is 2.09. The first-order valence-corrected chi connectivity index (χ1v) is 8.19. The van der Waals surface area contributed by atoms with E-state index >= 15 is 0 Å². The number of aromatic nitrogens is 2. The Balaban J connectivity index is 1.54. The number of rotatable bonds is 6. The van der Waals surface area contributed by atoms with Crippen molar-refractivity contribution in [1.82, 2.24) is 14.9 Å². The molecule has 24 heavy (non-hydrogen) atoms. The third-order valence-electron chi connectivity index (χ3n) is 4.02. The van der Waals surface area contributed by atoms with E-state index in [0.717, 1.165) is 31.6 Å². The lowest BCUT2D eigenvalue weighted by atomic mass is 10.2. The lowest BCUT2D eigenvalue weighted by molar-refractivity contribution is 0.0779. The third kappa shape index (κ3) is 4.29. The Hall–Kier alpha value is -2.47. The van der Waals surface area contributed by atoms with Gasteiger partial charge in [-0.3, -0.25) is 4.79 Å². The first-order valence-electron chi connectivity index (χ1n) is 8.19. The minimum absolute atomic E-state index is 0.142. The quantitative estimate of drug-likeness (QED) is 0.882. The van der Waals surface area contributed by atoms with Gasteiger partial charge in [-0.05, 0) is 18.4 Å². The first kappa shape index (κ1) is 16.4. The molecule has 1 fully saturated rings. The van der Waals surface area contributed by atoms with Crippen LogP contribution in [-0.2, 0) is 11.3 Å². The smallest absolute Gasteiger partial charge is 0.274 e. The number of hydrogen-bond acceptors (Lipinski definition) is 5. The molecule has 1 aliphatic heterocycles. The van der Waals surface area contributed by atoms with Gasteiger partial charge in [0.2, 0.25) is 0 Å². The molecule has 1 unspecified atom stereocenters. The zero-order valence-electron chi connectivity index (χ0n) is 13.8. The second kappa shape index (κ2) is 7.88. The summed E-state index contributed by atoms with van der Waals surface area (Å²) in [4.78, 5) is 22.6. The largest absolute Gasteiger partial charge is 0.376 e. The number of amides is 1. The molecular formula is C18H22N4O2. The molecule has 1 aromatic carbocycles. The minimum Gasteiger partial charge on any atom is -0.376 e. The molecule has 1 aliphatic rings. The molecule has 3 rings (SSSR count). The molecule has 0 spiro atoms. The van der Waals surface area contributed by atoms with Crippen LogP contribution < -0.4 is 5.32 Å². The molecule has 0 bridgehead atoms. The Kier molecular flexibility index (Phi) is 5.38. The molecule has 1 N–H and O–H groups in total. The lowest BCUT2D eigenvalue weighted by Gasteiger charge is -2.17. The molecule has 2 heterocycles. The van der Waals surface area contributed by atoms with E-state index in [4.69, 9.17) is 4.74 Å². The standard InChI is InChI=1S/C18H22N4O2/c1-22(13-14-6-3-2-4-7-14)18(23)16-11-21-17(12-19-16)20-10-15-8-5-9-24-15/h2-4,6-7,11-12,15H,5,8-10,13H2,1H3,(H,20,21). The van der Waals surface area contributed by atoms with Crippen LogP contribution in [0.25, 0.3) is 0 Å². The topological polar surface area (TPSA) is 67.4 Å². The predicted octanol–water partition coefficient (Wildman–Crippen LogP) is 2.34. The Morgan fingerprint density at radius 2 is 2.12 bits per heavy atom. The molecule has 1 aromatic heterocycles. The van der Waals surface area contributed by atoms with Crippen molar-refractivity contribution in [3.63, 3.8) is 0 Å². The normalized spacial score (nSPS) is 16.8. The van der Waals surface area contributed by atoms with Gasteiger partial charge < -0.3 is 15.0 Å². The van der Waals surface area contributed by atoms with Gasteiger partial charge in [-0.25, -0.2) is 9.97 Å². The maximum Gasteiger partial charge on any atom is 0.274 e. The average molecular weight is 326 g/mol. The van der Waals surface area contributed by atoms with Crippen molar-refractivity contribution in [2.24, 2.45) is 0 Å². The maximum atomic E-state index is 12.4. The fraction of sp³-hybridized carbons (Fsp3) is 0.389. The maximum absolute atomic E-state index is 12.4. The fourth-order valence-corrected chi connectivity index (χ4v) is 2.68. The van der Waals surface area contributed by atoms with Crippen LogP contribution in [0, 0.1) is 0 Å². The average Bonchev–Trinajstić information content (AvgIpc) is 3.14. The highest BCUT2D eigenvalue weighted by Crippen LogP contribution is 2.13. The Morgan fingerprint density at radius 1 is 1.29 bits per heavy atom. The van der Waals surface area contributed by atoms with E-state index in [2.05, 4.69) is 15.3 Å². The number of benzene rings is 1. The zero-order chi connectivity index (χ0) is 16.8. The molecule has 126 valence electrons. The van der Waals surface area contributed by atoms with Crippen LogP contribution in [0.15, 0.2) is 42.7 Å². The van der Waals surface area contributed by atoms with Crippen molar-refractivity contribution in [1.29, 1.82) is 0 Å². The third-order valence-corrected chi connectivity index (χ3v) is 4.02. The molecule has 1 saturated heterocycles. The zero-order valence-corrected chi connectivity index (χ0v) is 13.8. The Morgan fingerprint density at radius 3 is 2.79 bits per heavy atom. The Bertz CT molecular complexity index is 654. The number of nitrogens with one attached hydrogen (secondary N) is 1. The van der Waals surface area contributed by atoms with Crippen molar-refractivity contribution in [2.45, 2.75) is 25.5 Å². The second-order valence-electron chi connectivity index (χ2n) is 5.95. The predicted molar refractivity (Wildman–Crippen MR) is 91.7 cm³/mol. The van der Waals surface area contributed by atoms with E-state index in [1.54, 1.807) is 18.1 Å². The van der Waals surface area contributed by atoms with Crippen LogP contribution in [0.3, 0.4) is 0 Å². The summed E-state index contributed by atoms with van der Waals surface area (Å²) >= 11 is 0. The number of anilines is 1. The van der Waals surface area contributed by atoms with Gasteiger partial charge in [0.1, 0.15) is 11.5 Å². The summed E-state index contributed by atoms with van der Waals surface area (Å²) in [7, 11) is 1.76. The van der Waals surface area contributed by atoms with Crippen LogP contribution in [0.1, 0.15) is 28.9 Å². The van der Waals surface area contributed by atoms with E-state index in [1.165, 1.54) is 6.20 Å². The van der Waals surface area contributed by atoms with Gasteiger partial charge in [0.15, 0.2) is 0 Å². The van der Waals surface area contributed by atoms with Gasteiger partial charge in [-0.15, -0.1) is 0 Å². The number of carbonyl (C=O) groups excluding carboxylic acids is 1. The summed E-state index contributed by atoms with van der Waals surface area (Å²) < 4.78 is 5.55. The summed E-state index contributed by atoms with van der Waals surface area (Å²) in [6, 6.07) is 9.87. The van der Waals surface area contributed by atoms with E-state index in [1.807, 2.05) is 30.3 Å². The van der Waals surface area contributed by atoms with E-state index < -0.39 is 0 Å². The van der Waals surface area contributed by atoms with Crippen molar-refractivity contribution < 1.29 is 9.53 Å². The number of hydrogen-bond donors (Lipinski definition) is 1. The van der Waals surface area contributed by atoms with Crippen molar-refractivity contribution in [2.75, 3.05) is 25.5 Å². The summed E-state index contributed by atoms with van der Waals surface area (Å²) in [5, 5.41) is 3.20. The SMILES string of the molecule is CN(Cc1ccccc1)C(=O)c1cnc(NCC2CCCO2)cn1. The molecule has 0 radical (unpaired) electrons. The highest BCUT2D eigenvalue weighted by molar-refractivity contribution is 5.91. The van der Waals surface area contributed by atoms with Crippen LogP contribution in [-0.4, -0.2) is 47.1 Å². The van der Waals surface area contributed by atoms with Crippen LogP contribution in [0.4, 0.5) is 5.82 Å². The molecular weight excluding hydrogens is 304 g/mol. The lowest BCUT2D eigenvalue weighted by Crippen LogP contribution is -2.27. The Labute approximate surface area is 141 Å². The second-order valence-corrected chi connectivity index (χ2v) is 5.95. The molecule has 1 amide bonds. The molecule has 0 saturated carbocycles. The number of carbonyl (C=O) groups is 1. The van der Waals surface area contributed by atoms with Gasteiger partial charge >= 0.3 is 0 Å². The van der Waals surface area contributed by atoms with E-state index in [0.29, 0.717) is 18.1 Å². The van der Waals surface area contributed by atoms with Crippen molar-refractivity contribution in [3.8, 4) is 0 Å². The van der Waals surface area contributed by atoms with Gasteiger partial charge in [-0.1, -0.05) is 30.3 Å². The molecule has 6 heteroatoms. The summed E-state index contributed by atoms with van der Waals surface area (Å²) in [5.41, 5.74) is 1.42. The monoisotopic (exact) mass is 326 g/mol. The van der Waals surface area contributed by atoms with Crippen LogP contribution in [0.5, 0.6) is 0 Å². The fourth-order valence-electron chi connectivity index (χ4n) is 2.68. The van der Waals surface area contributed by atoms with Crippen molar-refractivity contribution in [3.05, 3.63) is 54.0 Å². The molecule has 6 nitrogen and oxygen atoms in total. The number of nitrogens with zero attached hydrogens (tertiary/aromatic N) is 3. The van der Waals surface area contributed by atoms with Gasteiger partial charge in [0.25, 0.3) is 5.91 Å². The molecule has 0 aliphatic carbocycles. The van der Waals surface area contributed by atoms with Crippen LogP contribution in [0.2, 0.25) is 0 Å². The molecule has 1 atom stereocenters. The summed E-state index contributed by atoms with van der Waals surface area (Å²) in [5.74, 6) is 0.518. The molecule has 2 aromatic rings. The first-order chi connectivity index (χ1) is 11.7. The van der Waals surface area contributed by atoms with Crippen molar-refractivity contribution >= 4 is 11.7 Å². The van der Waals surface area contributed by atoms with Gasteiger partial charge in [0, 0.05) is 26.7 Å². The summed E-state index contributed by atoms with van der Waals surface area (Å²) in [6.07, 6.45) is 5.53. The van der Waals surface area contributed by atoms with Crippen LogP contribution >= 0.6 is 0 Å². The highest BCUT2D eigenvalue weighted by Gasteiger charge is 2.16. The highest BCUT2D eigenvalue weighted by atomic mass is 16.5.